The largest absolute Gasteiger partial charge is 0.309 e. The fourth-order valence-electron chi connectivity index (χ4n) is 9.13. The summed E-state index contributed by atoms with van der Waals surface area (Å²) in [6.45, 7) is 0. The van der Waals surface area contributed by atoms with E-state index < -0.39 is 0 Å². The lowest BCUT2D eigenvalue weighted by molar-refractivity contribution is 0.400. The van der Waals surface area contributed by atoms with Crippen LogP contribution in [0.1, 0.15) is 36.8 Å². The van der Waals surface area contributed by atoms with Gasteiger partial charge < -0.3 is 9.80 Å². The number of halogens is 1. The van der Waals surface area contributed by atoms with Gasteiger partial charge in [0.25, 0.3) is 0 Å². The molecule has 6 aromatic carbocycles. The van der Waals surface area contributed by atoms with E-state index in [1.54, 1.807) is 5.56 Å². The van der Waals surface area contributed by atoms with Gasteiger partial charge in [-0.1, -0.05) is 103 Å². The Hall–Kier alpha value is -4.79. The third-order valence-corrected chi connectivity index (χ3v) is 11.3. The van der Waals surface area contributed by atoms with Crippen molar-refractivity contribution < 1.29 is 0 Å². The van der Waals surface area contributed by atoms with Crippen molar-refractivity contribution in [2.24, 2.45) is 11.8 Å². The van der Waals surface area contributed by atoms with Crippen LogP contribution in [0.3, 0.4) is 0 Å². The molecule has 2 bridgehead atoms. The van der Waals surface area contributed by atoms with Crippen LogP contribution in [0.25, 0.3) is 11.1 Å². The monoisotopic (exact) mass is 614 g/mol. The number of hydrogen-bond donors (Lipinski definition) is 0. The Morgan fingerprint density at radius 2 is 0.891 bits per heavy atom. The fraction of sp³-hybridized carbons (Fsp3) is 0.163. The van der Waals surface area contributed by atoms with Crippen LogP contribution in [0.2, 0.25) is 5.02 Å². The summed E-state index contributed by atoms with van der Waals surface area (Å²) < 4.78 is 0. The van der Waals surface area contributed by atoms with Gasteiger partial charge in [0.2, 0.25) is 0 Å². The zero-order valence-electron chi connectivity index (χ0n) is 25.7. The molecule has 2 saturated carbocycles. The van der Waals surface area contributed by atoms with E-state index in [2.05, 4.69) is 161 Å². The highest BCUT2D eigenvalue weighted by Gasteiger charge is 2.59. The second kappa shape index (κ2) is 10.9. The van der Waals surface area contributed by atoms with Crippen LogP contribution in [0.4, 0.5) is 34.1 Å². The minimum absolute atomic E-state index is 0.172. The van der Waals surface area contributed by atoms with E-state index in [0.717, 1.165) is 46.0 Å². The molecule has 0 aromatic heterocycles. The van der Waals surface area contributed by atoms with Crippen molar-refractivity contribution >= 4 is 45.7 Å². The summed E-state index contributed by atoms with van der Waals surface area (Å²) in [5.74, 6) is 1.48. The zero-order chi connectivity index (χ0) is 30.7. The highest BCUT2D eigenvalue weighted by Crippen LogP contribution is 2.68. The van der Waals surface area contributed by atoms with Gasteiger partial charge in [-0.2, -0.15) is 0 Å². The molecule has 2 fully saturated rings. The maximum absolute atomic E-state index is 7.56. The lowest BCUT2D eigenvalue weighted by Crippen LogP contribution is -2.30. The summed E-state index contributed by atoms with van der Waals surface area (Å²) >= 11 is 7.56. The third-order valence-electron chi connectivity index (χ3n) is 10.9. The maximum atomic E-state index is 7.56. The Balaban J connectivity index is 1.23. The maximum Gasteiger partial charge on any atom is 0.0887 e. The number of hydrogen-bond acceptors (Lipinski definition) is 2. The molecule has 3 heteroatoms. The van der Waals surface area contributed by atoms with Crippen LogP contribution < -0.4 is 9.80 Å². The molecule has 224 valence electrons. The molecular formula is C43H35ClN2. The van der Waals surface area contributed by atoms with E-state index >= 15 is 0 Å². The van der Waals surface area contributed by atoms with E-state index in [0.29, 0.717) is 5.02 Å². The van der Waals surface area contributed by atoms with Gasteiger partial charge in [-0.05, 0) is 120 Å². The molecule has 3 aliphatic rings. The molecule has 0 N–H and O–H groups in total. The van der Waals surface area contributed by atoms with Crippen LogP contribution in [-0.2, 0) is 5.41 Å². The van der Waals surface area contributed by atoms with Crippen LogP contribution >= 0.6 is 11.6 Å². The van der Waals surface area contributed by atoms with Gasteiger partial charge in [-0.3, -0.25) is 0 Å². The van der Waals surface area contributed by atoms with Crippen molar-refractivity contribution in [2.45, 2.75) is 31.1 Å². The molecule has 0 amide bonds. The number of para-hydroxylation sites is 3. The van der Waals surface area contributed by atoms with Crippen molar-refractivity contribution in [2.75, 3.05) is 9.80 Å². The van der Waals surface area contributed by atoms with E-state index in [9.17, 15) is 0 Å². The van der Waals surface area contributed by atoms with Gasteiger partial charge in [-0.15, -0.1) is 0 Å². The molecule has 2 nitrogen and oxygen atoms in total. The standard InChI is InChI=1S/C43H35ClN2/c44-42-40(45(32-13-4-1-5-14-32)33-15-6-2-7-16-33)21-12-22-41(42)46(34-17-8-3-9-18-34)35-27-28-39-37(29-35)36-19-10-11-20-38(36)43(39)30-23-24-31(43)26-25-30/h1-22,27-31H,23-26H2. The zero-order valence-corrected chi connectivity index (χ0v) is 26.4. The van der Waals surface area contributed by atoms with Crippen molar-refractivity contribution in [1.29, 1.82) is 0 Å². The molecule has 46 heavy (non-hydrogen) atoms. The van der Waals surface area contributed by atoms with E-state index in [4.69, 9.17) is 11.6 Å². The second-order valence-corrected chi connectivity index (χ2v) is 13.4. The lowest BCUT2D eigenvalue weighted by Gasteiger charge is -2.34. The predicted molar refractivity (Wildman–Crippen MR) is 192 cm³/mol. The van der Waals surface area contributed by atoms with E-state index in [-0.39, 0.29) is 5.41 Å². The highest BCUT2D eigenvalue weighted by molar-refractivity contribution is 6.36. The third kappa shape index (κ3) is 4.03. The highest BCUT2D eigenvalue weighted by atomic mass is 35.5. The minimum Gasteiger partial charge on any atom is -0.309 e. The van der Waals surface area contributed by atoms with Gasteiger partial charge in [-0.25, -0.2) is 0 Å². The number of fused-ring (bicyclic) bond motifs is 3. The molecular weight excluding hydrogens is 580 g/mol. The number of nitrogens with zero attached hydrogens (tertiary/aromatic N) is 2. The Bertz CT molecular complexity index is 1980. The Labute approximate surface area is 276 Å². The van der Waals surface area contributed by atoms with Crippen LogP contribution in [0, 0.1) is 11.8 Å². The molecule has 0 unspecified atom stereocenters. The van der Waals surface area contributed by atoms with Gasteiger partial charge >= 0.3 is 0 Å². The van der Waals surface area contributed by atoms with E-state index in [1.807, 2.05) is 0 Å². The second-order valence-electron chi connectivity index (χ2n) is 13.0. The molecule has 0 atom stereocenters. The van der Waals surface area contributed by atoms with Crippen LogP contribution in [-0.4, -0.2) is 0 Å². The van der Waals surface area contributed by atoms with Crippen LogP contribution in [0.5, 0.6) is 0 Å². The van der Waals surface area contributed by atoms with Crippen LogP contribution in [0.15, 0.2) is 152 Å². The summed E-state index contributed by atoms with van der Waals surface area (Å²) in [4.78, 5) is 4.57. The molecule has 0 saturated heterocycles. The Morgan fingerprint density at radius 3 is 1.43 bits per heavy atom. The fourth-order valence-corrected chi connectivity index (χ4v) is 9.43. The minimum atomic E-state index is 0.172. The Kier molecular flexibility index (Phi) is 6.54. The molecule has 0 radical (unpaired) electrons. The first kappa shape index (κ1) is 27.5. The molecule has 6 aromatic rings. The predicted octanol–water partition coefficient (Wildman–Crippen LogP) is 12.4. The first-order valence-electron chi connectivity index (χ1n) is 16.5. The number of benzene rings is 6. The molecule has 3 aliphatic carbocycles. The quantitative estimate of drug-likeness (QED) is 0.184. The van der Waals surface area contributed by atoms with Gasteiger partial charge in [0, 0.05) is 28.2 Å². The lowest BCUT2D eigenvalue weighted by atomic mass is 9.70. The van der Waals surface area contributed by atoms with Crippen molar-refractivity contribution in [3.8, 4) is 11.1 Å². The van der Waals surface area contributed by atoms with Gasteiger partial charge in [0.15, 0.2) is 0 Å². The summed E-state index contributed by atoms with van der Waals surface area (Å²) in [6, 6.07) is 54.4. The molecule has 1 spiro atoms. The Morgan fingerprint density at radius 1 is 0.435 bits per heavy atom. The average Bonchev–Trinajstić information content (AvgIpc) is 3.77. The summed E-state index contributed by atoms with van der Waals surface area (Å²) in [5, 5.41) is 0.699. The first-order chi connectivity index (χ1) is 22.7. The van der Waals surface area contributed by atoms with Crippen molar-refractivity contribution in [3.05, 3.63) is 168 Å². The van der Waals surface area contributed by atoms with Gasteiger partial charge in [0.1, 0.15) is 0 Å². The van der Waals surface area contributed by atoms with Gasteiger partial charge in [0.05, 0.1) is 16.4 Å². The number of anilines is 6. The molecule has 0 aliphatic heterocycles. The smallest absolute Gasteiger partial charge is 0.0887 e. The van der Waals surface area contributed by atoms with Crippen molar-refractivity contribution in [1.82, 2.24) is 0 Å². The van der Waals surface area contributed by atoms with Crippen molar-refractivity contribution in [3.63, 3.8) is 0 Å². The SMILES string of the molecule is Clc1c(N(c2ccccc2)c2ccccc2)cccc1N(c1ccccc1)c1ccc2c(c1)-c1ccccc1C21C2CCC1CC2. The summed E-state index contributed by atoms with van der Waals surface area (Å²) in [7, 11) is 0. The normalized spacial score (nSPS) is 20.5. The molecule has 0 heterocycles. The summed E-state index contributed by atoms with van der Waals surface area (Å²) in [5.41, 5.74) is 12.3. The topological polar surface area (TPSA) is 6.48 Å². The summed E-state index contributed by atoms with van der Waals surface area (Å²) in [6.07, 6.45) is 5.38. The first-order valence-corrected chi connectivity index (χ1v) is 16.9. The average molecular weight is 615 g/mol. The number of rotatable bonds is 6. The molecule has 9 rings (SSSR count). The van der Waals surface area contributed by atoms with E-state index in [1.165, 1.54) is 42.4 Å².